The third kappa shape index (κ3) is 6.03. The average molecular weight is 367 g/mol. The van der Waals surface area contributed by atoms with Gasteiger partial charge in [-0.15, -0.1) is 12.4 Å². The van der Waals surface area contributed by atoms with Crippen LogP contribution in [0.25, 0.3) is 0 Å². The Hall–Kier alpha value is -2.11. The van der Waals surface area contributed by atoms with E-state index in [-0.39, 0.29) is 36.2 Å². The number of nitrogens with two attached hydrogens (primary N) is 1. The number of amides is 1. The van der Waals surface area contributed by atoms with Gasteiger partial charge in [0.15, 0.2) is 0 Å². The fraction of sp³-hybridized carbons (Fsp3) is 0.316. The number of carbonyl (C=O) groups is 1. The molecule has 0 heterocycles. The average Bonchev–Trinajstić information content (AvgIpc) is 2.54. The topological polar surface area (TPSA) is 64.4 Å². The van der Waals surface area contributed by atoms with Crippen LogP contribution in [-0.4, -0.2) is 11.9 Å². The van der Waals surface area contributed by atoms with E-state index in [1.54, 1.807) is 42.5 Å². The third-order valence-electron chi connectivity index (χ3n) is 3.69. The maximum Gasteiger partial charge on any atom is 0.241 e. The minimum Gasteiger partial charge on any atom is -0.489 e. The first kappa shape index (κ1) is 20.9. The molecular weight excluding hydrogens is 343 g/mol. The largest absolute Gasteiger partial charge is 0.489 e. The van der Waals surface area contributed by atoms with Crippen molar-refractivity contribution in [3.8, 4) is 5.75 Å². The van der Waals surface area contributed by atoms with Crippen molar-refractivity contribution in [3.05, 3.63) is 59.9 Å². The first-order valence-electron chi connectivity index (χ1n) is 7.80. The summed E-state index contributed by atoms with van der Waals surface area (Å²) in [4.78, 5) is 12.1. The van der Waals surface area contributed by atoms with E-state index in [1.807, 2.05) is 20.8 Å². The van der Waals surface area contributed by atoms with Gasteiger partial charge in [0.25, 0.3) is 0 Å². The summed E-state index contributed by atoms with van der Waals surface area (Å²) in [5.74, 6) is 0.0662. The van der Waals surface area contributed by atoms with Crippen molar-refractivity contribution in [2.75, 3.05) is 5.32 Å². The summed E-state index contributed by atoms with van der Waals surface area (Å²) >= 11 is 0. The second-order valence-electron chi connectivity index (χ2n) is 6.74. The highest BCUT2D eigenvalue weighted by Gasteiger charge is 2.27. The zero-order valence-corrected chi connectivity index (χ0v) is 15.4. The number of hydrogen-bond donors (Lipinski definition) is 2. The zero-order chi connectivity index (χ0) is 17.7. The monoisotopic (exact) mass is 366 g/mol. The van der Waals surface area contributed by atoms with Crippen molar-refractivity contribution >= 4 is 24.0 Å². The summed E-state index contributed by atoms with van der Waals surface area (Å²) in [6.07, 6.45) is 0. The van der Waals surface area contributed by atoms with Gasteiger partial charge in [-0.2, -0.15) is 0 Å². The molecule has 0 aromatic heterocycles. The lowest BCUT2D eigenvalue weighted by Gasteiger charge is -2.25. The summed E-state index contributed by atoms with van der Waals surface area (Å²) in [5.41, 5.74) is 6.74. The fourth-order valence-corrected chi connectivity index (χ4v) is 2.02. The van der Waals surface area contributed by atoms with Crippen LogP contribution in [0, 0.1) is 11.2 Å². The number of rotatable bonds is 5. The highest BCUT2D eigenvalue weighted by atomic mass is 35.5. The maximum absolute atomic E-state index is 13.5. The van der Waals surface area contributed by atoms with Gasteiger partial charge in [0.2, 0.25) is 5.91 Å². The van der Waals surface area contributed by atoms with Crippen molar-refractivity contribution in [1.29, 1.82) is 0 Å². The van der Waals surface area contributed by atoms with Crippen molar-refractivity contribution in [2.45, 2.75) is 33.4 Å². The van der Waals surface area contributed by atoms with Crippen molar-refractivity contribution in [1.82, 2.24) is 0 Å². The smallest absolute Gasteiger partial charge is 0.241 e. The Morgan fingerprint density at radius 2 is 1.76 bits per heavy atom. The summed E-state index contributed by atoms with van der Waals surface area (Å²) < 4.78 is 19.1. The Balaban J connectivity index is 0.00000312. The van der Waals surface area contributed by atoms with E-state index in [0.29, 0.717) is 17.0 Å². The molecule has 1 atom stereocenters. The van der Waals surface area contributed by atoms with Crippen LogP contribution in [0.1, 0.15) is 26.3 Å². The molecule has 0 unspecified atom stereocenters. The van der Waals surface area contributed by atoms with Gasteiger partial charge in [-0.25, -0.2) is 4.39 Å². The van der Waals surface area contributed by atoms with Crippen LogP contribution in [0.5, 0.6) is 5.75 Å². The molecule has 25 heavy (non-hydrogen) atoms. The Bertz CT molecular complexity index is 699. The van der Waals surface area contributed by atoms with Gasteiger partial charge in [-0.1, -0.05) is 39.0 Å². The lowest BCUT2D eigenvalue weighted by Crippen LogP contribution is -2.45. The van der Waals surface area contributed by atoms with Gasteiger partial charge in [-0.05, 0) is 35.7 Å². The van der Waals surface area contributed by atoms with Crippen LogP contribution >= 0.6 is 12.4 Å². The van der Waals surface area contributed by atoms with Crippen LogP contribution in [0.3, 0.4) is 0 Å². The molecule has 0 aliphatic carbocycles. The molecule has 0 aliphatic heterocycles. The van der Waals surface area contributed by atoms with E-state index in [9.17, 15) is 9.18 Å². The molecule has 0 fully saturated rings. The SMILES string of the molecule is CC(C)(C)[C@H](N)C(=O)Nc1ccc(OCc2ccccc2F)cc1.Cl. The predicted octanol–water partition coefficient (Wildman–Crippen LogP) is 4.14. The second-order valence-corrected chi connectivity index (χ2v) is 6.74. The molecule has 136 valence electrons. The lowest BCUT2D eigenvalue weighted by atomic mass is 9.87. The van der Waals surface area contributed by atoms with E-state index >= 15 is 0 Å². The molecule has 2 aromatic rings. The molecule has 3 N–H and O–H groups in total. The highest BCUT2D eigenvalue weighted by molar-refractivity contribution is 5.95. The molecule has 0 bridgehead atoms. The minimum atomic E-state index is -0.602. The number of anilines is 1. The number of benzene rings is 2. The van der Waals surface area contributed by atoms with Crippen LogP contribution in [0.2, 0.25) is 0 Å². The van der Waals surface area contributed by atoms with Gasteiger partial charge >= 0.3 is 0 Å². The molecule has 2 aromatic carbocycles. The number of hydrogen-bond acceptors (Lipinski definition) is 3. The zero-order valence-electron chi connectivity index (χ0n) is 14.6. The summed E-state index contributed by atoms with van der Waals surface area (Å²) in [6, 6.07) is 12.8. The quantitative estimate of drug-likeness (QED) is 0.835. The number of halogens is 2. The number of ether oxygens (including phenoxy) is 1. The second kappa shape index (κ2) is 8.83. The van der Waals surface area contributed by atoms with Gasteiger partial charge in [0.05, 0.1) is 6.04 Å². The van der Waals surface area contributed by atoms with Crippen LogP contribution in [0.15, 0.2) is 48.5 Å². The van der Waals surface area contributed by atoms with E-state index < -0.39 is 6.04 Å². The van der Waals surface area contributed by atoms with E-state index in [1.165, 1.54) is 6.07 Å². The highest BCUT2D eigenvalue weighted by Crippen LogP contribution is 2.21. The molecule has 4 nitrogen and oxygen atoms in total. The standard InChI is InChI=1S/C19H23FN2O2.ClH/c1-19(2,3)17(21)18(23)22-14-8-10-15(11-9-14)24-12-13-6-4-5-7-16(13)20;/h4-11,17H,12,21H2,1-3H3,(H,22,23);1H/t17-;/m1./s1. The van der Waals surface area contributed by atoms with Gasteiger partial charge in [0, 0.05) is 11.3 Å². The molecule has 0 aliphatic rings. The van der Waals surface area contributed by atoms with Gasteiger partial charge < -0.3 is 15.8 Å². The Kier molecular flexibility index (Phi) is 7.39. The Morgan fingerprint density at radius 1 is 1.16 bits per heavy atom. The van der Waals surface area contributed by atoms with Crippen molar-refractivity contribution in [2.24, 2.45) is 11.1 Å². The first-order chi connectivity index (χ1) is 11.3. The predicted molar refractivity (Wildman–Crippen MR) is 100 cm³/mol. The number of carbonyl (C=O) groups excluding carboxylic acids is 1. The maximum atomic E-state index is 13.5. The summed E-state index contributed by atoms with van der Waals surface area (Å²) in [6.45, 7) is 5.89. The van der Waals surface area contributed by atoms with E-state index in [4.69, 9.17) is 10.5 Å². The first-order valence-corrected chi connectivity index (χ1v) is 7.80. The summed E-state index contributed by atoms with van der Waals surface area (Å²) in [7, 11) is 0. The molecule has 0 saturated heterocycles. The molecule has 0 radical (unpaired) electrons. The molecule has 0 spiro atoms. The Morgan fingerprint density at radius 3 is 2.32 bits per heavy atom. The minimum absolute atomic E-state index is 0. The van der Waals surface area contributed by atoms with Crippen LogP contribution < -0.4 is 15.8 Å². The van der Waals surface area contributed by atoms with E-state index in [2.05, 4.69) is 5.32 Å². The fourth-order valence-electron chi connectivity index (χ4n) is 2.02. The van der Waals surface area contributed by atoms with Crippen molar-refractivity contribution < 1.29 is 13.9 Å². The van der Waals surface area contributed by atoms with E-state index in [0.717, 1.165) is 0 Å². The van der Waals surface area contributed by atoms with Crippen LogP contribution in [-0.2, 0) is 11.4 Å². The van der Waals surface area contributed by atoms with Crippen LogP contribution in [0.4, 0.5) is 10.1 Å². The molecule has 6 heteroatoms. The molecule has 0 saturated carbocycles. The normalized spacial score (nSPS) is 12.0. The molecule has 2 rings (SSSR count). The molecule has 1 amide bonds. The van der Waals surface area contributed by atoms with Gasteiger partial charge in [-0.3, -0.25) is 4.79 Å². The third-order valence-corrected chi connectivity index (χ3v) is 3.69. The summed E-state index contributed by atoms with van der Waals surface area (Å²) in [5, 5.41) is 2.78. The Labute approximate surface area is 154 Å². The lowest BCUT2D eigenvalue weighted by molar-refractivity contribution is -0.119. The van der Waals surface area contributed by atoms with Crippen molar-refractivity contribution in [3.63, 3.8) is 0 Å². The number of nitrogens with one attached hydrogen (secondary N) is 1. The molecular formula is C19H24ClFN2O2. The van der Waals surface area contributed by atoms with Gasteiger partial charge in [0.1, 0.15) is 18.2 Å².